The molecule has 3 heteroatoms. The largest absolute Gasteiger partial charge is 0.300 e. The van der Waals surface area contributed by atoms with Gasteiger partial charge in [-0.3, -0.25) is 9.59 Å². The molecular formula is C11H20O2S. The molecule has 2 nitrogen and oxygen atoms in total. The number of ketones is 2. The van der Waals surface area contributed by atoms with Crippen molar-refractivity contribution in [3.8, 4) is 0 Å². The number of hydrogen-bond acceptors (Lipinski definition) is 3. The summed E-state index contributed by atoms with van der Waals surface area (Å²) in [6, 6.07) is 0. The summed E-state index contributed by atoms with van der Waals surface area (Å²) >= 11 is 1.47. The lowest BCUT2D eigenvalue weighted by Crippen LogP contribution is -2.19. The molecule has 0 amide bonds. The first kappa shape index (κ1) is 13.7. The maximum Gasteiger partial charge on any atom is 0.143 e. The van der Waals surface area contributed by atoms with Crippen LogP contribution in [0.4, 0.5) is 0 Å². The number of Topliss-reactive ketones (excluding diaryl/α,β-unsaturated/α-hetero) is 2. The van der Waals surface area contributed by atoms with Crippen molar-refractivity contribution >= 4 is 23.3 Å². The quantitative estimate of drug-likeness (QED) is 0.656. The normalized spacial score (nSPS) is 14.9. The first-order valence-electron chi connectivity index (χ1n) is 5.06. The predicted molar refractivity (Wildman–Crippen MR) is 61.7 cm³/mol. The molecule has 14 heavy (non-hydrogen) atoms. The molecule has 0 aromatic rings. The molecule has 0 N–H and O–H groups in total. The second-order valence-electron chi connectivity index (χ2n) is 3.80. The van der Waals surface area contributed by atoms with Crippen LogP contribution in [0, 0.1) is 5.92 Å². The Morgan fingerprint density at radius 1 is 1.29 bits per heavy atom. The van der Waals surface area contributed by atoms with Gasteiger partial charge in [-0.2, -0.15) is 11.8 Å². The second kappa shape index (κ2) is 7.04. The third-order valence-electron chi connectivity index (χ3n) is 2.42. The average molecular weight is 216 g/mol. The van der Waals surface area contributed by atoms with Crippen molar-refractivity contribution in [2.45, 2.75) is 45.3 Å². The highest BCUT2D eigenvalue weighted by atomic mass is 32.2. The summed E-state index contributed by atoms with van der Waals surface area (Å²) in [6.45, 7) is 5.70. The smallest absolute Gasteiger partial charge is 0.143 e. The Kier molecular flexibility index (Phi) is 6.89. The van der Waals surface area contributed by atoms with Crippen LogP contribution in [0.25, 0.3) is 0 Å². The van der Waals surface area contributed by atoms with Gasteiger partial charge in [0.1, 0.15) is 11.6 Å². The van der Waals surface area contributed by atoms with Crippen LogP contribution in [0.15, 0.2) is 0 Å². The van der Waals surface area contributed by atoms with Gasteiger partial charge in [-0.1, -0.05) is 20.3 Å². The molecule has 0 radical (unpaired) electrons. The zero-order chi connectivity index (χ0) is 11.1. The first-order valence-corrected chi connectivity index (χ1v) is 6.35. The van der Waals surface area contributed by atoms with E-state index in [1.54, 1.807) is 6.92 Å². The monoisotopic (exact) mass is 216 g/mol. The number of thioether (sulfide) groups is 1. The van der Waals surface area contributed by atoms with Crippen LogP contribution in [0.2, 0.25) is 0 Å². The maximum atomic E-state index is 11.5. The lowest BCUT2D eigenvalue weighted by Gasteiger charge is -2.11. The maximum absolute atomic E-state index is 11.5. The Balaban J connectivity index is 3.97. The Morgan fingerprint density at radius 3 is 2.21 bits per heavy atom. The summed E-state index contributed by atoms with van der Waals surface area (Å²) < 4.78 is 0. The van der Waals surface area contributed by atoms with E-state index in [0.717, 1.165) is 6.42 Å². The van der Waals surface area contributed by atoms with Gasteiger partial charge in [0.15, 0.2) is 0 Å². The van der Waals surface area contributed by atoms with Crippen molar-refractivity contribution < 1.29 is 9.59 Å². The molecule has 0 spiro atoms. The van der Waals surface area contributed by atoms with E-state index >= 15 is 0 Å². The molecule has 0 aromatic heterocycles. The summed E-state index contributed by atoms with van der Waals surface area (Å²) in [5.41, 5.74) is 0. The number of hydrogen-bond donors (Lipinski definition) is 0. The van der Waals surface area contributed by atoms with Gasteiger partial charge in [-0.15, -0.1) is 0 Å². The average Bonchev–Trinajstić information content (AvgIpc) is 2.13. The third-order valence-corrected chi connectivity index (χ3v) is 3.49. The fourth-order valence-electron chi connectivity index (χ4n) is 1.22. The van der Waals surface area contributed by atoms with Gasteiger partial charge in [0.05, 0.1) is 5.25 Å². The van der Waals surface area contributed by atoms with E-state index in [-0.39, 0.29) is 16.8 Å². The molecule has 0 heterocycles. The van der Waals surface area contributed by atoms with Gasteiger partial charge in [0, 0.05) is 12.8 Å². The van der Waals surface area contributed by atoms with Crippen molar-refractivity contribution in [3.05, 3.63) is 0 Å². The standard InChI is InChI=1S/C11H20O2S/c1-5-8(2)6-10(13)7-11(14-4)9(3)12/h8,11H,5-7H2,1-4H3. The summed E-state index contributed by atoms with van der Waals surface area (Å²) in [5.74, 6) is 0.765. The molecule has 0 rings (SSSR count). The van der Waals surface area contributed by atoms with Crippen molar-refractivity contribution in [2.24, 2.45) is 5.92 Å². The molecule has 82 valence electrons. The molecule has 0 bridgehead atoms. The van der Waals surface area contributed by atoms with Gasteiger partial charge in [-0.05, 0) is 19.1 Å². The minimum atomic E-state index is -0.133. The summed E-state index contributed by atoms with van der Waals surface area (Å²) in [4.78, 5) is 22.6. The van der Waals surface area contributed by atoms with Crippen molar-refractivity contribution in [1.29, 1.82) is 0 Å². The molecule has 0 aromatic carbocycles. The molecule has 2 atom stereocenters. The number of carbonyl (C=O) groups excluding carboxylic acids is 2. The Bertz CT molecular complexity index is 201. The molecule has 0 saturated carbocycles. The van der Waals surface area contributed by atoms with Gasteiger partial charge >= 0.3 is 0 Å². The van der Waals surface area contributed by atoms with Gasteiger partial charge in [0.25, 0.3) is 0 Å². The van der Waals surface area contributed by atoms with Crippen LogP contribution in [0.1, 0.15) is 40.0 Å². The van der Waals surface area contributed by atoms with E-state index in [2.05, 4.69) is 13.8 Å². The van der Waals surface area contributed by atoms with E-state index in [1.165, 1.54) is 11.8 Å². The van der Waals surface area contributed by atoms with E-state index < -0.39 is 0 Å². The zero-order valence-corrected chi connectivity index (χ0v) is 10.3. The Hall–Kier alpha value is -0.310. The summed E-state index contributed by atoms with van der Waals surface area (Å²) in [5, 5.41) is -0.133. The highest BCUT2D eigenvalue weighted by Crippen LogP contribution is 2.16. The molecular weight excluding hydrogens is 196 g/mol. The first-order chi connectivity index (χ1) is 6.51. The summed E-state index contributed by atoms with van der Waals surface area (Å²) in [6.07, 6.45) is 3.92. The molecule has 2 unspecified atom stereocenters. The molecule has 0 aliphatic heterocycles. The molecule has 0 fully saturated rings. The SMILES string of the molecule is CCC(C)CC(=O)CC(SC)C(C)=O. The molecule has 0 aliphatic carbocycles. The predicted octanol–water partition coefficient (Wildman–Crippen LogP) is 2.70. The second-order valence-corrected chi connectivity index (χ2v) is 4.84. The topological polar surface area (TPSA) is 34.1 Å². The van der Waals surface area contributed by atoms with Gasteiger partial charge in [0.2, 0.25) is 0 Å². The fourth-order valence-corrected chi connectivity index (χ4v) is 1.90. The van der Waals surface area contributed by atoms with Gasteiger partial charge in [-0.25, -0.2) is 0 Å². The Labute approximate surface area is 90.8 Å². The minimum absolute atomic E-state index is 0.106. The lowest BCUT2D eigenvalue weighted by molar-refractivity contribution is -0.123. The third kappa shape index (κ3) is 5.43. The van der Waals surface area contributed by atoms with E-state index in [4.69, 9.17) is 0 Å². The highest BCUT2D eigenvalue weighted by Gasteiger charge is 2.17. The number of rotatable bonds is 7. The van der Waals surface area contributed by atoms with Crippen molar-refractivity contribution in [2.75, 3.05) is 6.26 Å². The number of carbonyl (C=O) groups is 2. The van der Waals surface area contributed by atoms with E-state index in [1.807, 2.05) is 6.26 Å². The van der Waals surface area contributed by atoms with Crippen molar-refractivity contribution in [1.82, 2.24) is 0 Å². The fraction of sp³-hybridized carbons (Fsp3) is 0.818. The molecule has 0 saturated heterocycles. The minimum Gasteiger partial charge on any atom is -0.300 e. The molecule has 0 aliphatic rings. The van der Waals surface area contributed by atoms with Crippen LogP contribution < -0.4 is 0 Å². The lowest BCUT2D eigenvalue weighted by atomic mass is 9.99. The van der Waals surface area contributed by atoms with Crippen LogP contribution in [-0.2, 0) is 9.59 Å². The van der Waals surface area contributed by atoms with Crippen LogP contribution in [0.3, 0.4) is 0 Å². The summed E-state index contributed by atoms with van der Waals surface area (Å²) in [7, 11) is 0. The Morgan fingerprint density at radius 2 is 1.86 bits per heavy atom. The van der Waals surface area contributed by atoms with E-state index in [0.29, 0.717) is 18.8 Å². The van der Waals surface area contributed by atoms with E-state index in [9.17, 15) is 9.59 Å². The van der Waals surface area contributed by atoms with Crippen LogP contribution in [0.5, 0.6) is 0 Å². The zero-order valence-electron chi connectivity index (χ0n) is 9.50. The van der Waals surface area contributed by atoms with Crippen LogP contribution >= 0.6 is 11.8 Å². The van der Waals surface area contributed by atoms with Crippen molar-refractivity contribution in [3.63, 3.8) is 0 Å². The van der Waals surface area contributed by atoms with Gasteiger partial charge < -0.3 is 0 Å². The van der Waals surface area contributed by atoms with Crippen LogP contribution in [-0.4, -0.2) is 23.1 Å². The highest BCUT2D eigenvalue weighted by molar-refractivity contribution is 7.99.